The Morgan fingerprint density at radius 3 is 2.21 bits per heavy atom. The van der Waals surface area contributed by atoms with Crippen molar-refractivity contribution in [2.24, 2.45) is 5.41 Å². The maximum atomic E-state index is 6.06. The molecule has 84 valence electrons. The summed E-state index contributed by atoms with van der Waals surface area (Å²) >= 11 is 6.06. The molecule has 0 unspecified atom stereocenters. The van der Waals surface area contributed by atoms with Crippen molar-refractivity contribution in [3.8, 4) is 0 Å². The van der Waals surface area contributed by atoms with Gasteiger partial charge in [-0.15, -0.1) is 11.6 Å². The molecule has 0 spiro atoms. The van der Waals surface area contributed by atoms with Gasteiger partial charge in [0.05, 0.1) is 5.60 Å². The normalized spacial score (nSPS) is 21.4. The summed E-state index contributed by atoms with van der Waals surface area (Å²) in [6.45, 7) is 7.18. The highest BCUT2D eigenvalue weighted by Crippen LogP contribution is 2.42. The topological polar surface area (TPSA) is 9.23 Å². The third-order valence-electron chi connectivity index (χ3n) is 3.12. The largest absolute Gasteiger partial charge is 0.376 e. The number of ether oxygens (including phenoxy) is 1. The second-order valence-corrected chi connectivity index (χ2v) is 5.82. The molecule has 1 aliphatic carbocycles. The number of hydrogen-bond donors (Lipinski definition) is 0. The van der Waals surface area contributed by atoms with Crippen LogP contribution in [0.3, 0.4) is 0 Å². The van der Waals surface area contributed by atoms with E-state index in [2.05, 4.69) is 20.8 Å². The van der Waals surface area contributed by atoms with E-state index >= 15 is 0 Å². The van der Waals surface area contributed by atoms with Crippen LogP contribution in [0.2, 0.25) is 0 Å². The average Bonchev–Trinajstić information content (AvgIpc) is 2.52. The third-order valence-corrected chi connectivity index (χ3v) is 3.68. The van der Waals surface area contributed by atoms with Gasteiger partial charge < -0.3 is 4.74 Å². The second kappa shape index (κ2) is 4.85. The summed E-state index contributed by atoms with van der Waals surface area (Å²) in [7, 11) is 0. The smallest absolute Gasteiger partial charge is 0.0598 e. The Morgan fingerprint density at radius 2 is 1.79 bits per heavy atom. The molecule has 1 rings (SSSR count). The minimum Gasteiger partial charge on any atom is -0.376 e. The molecule has 14 heavy (non-hydrogen) atoms. The molecule has 0 saturated heterocycles. The molecule has 1 fully saturated rings. The van der Waals surface area contributed by atoms with Crippen molar-refractivity contribution in [1.29, 1.82) is 0 Å². The standard InChI is InChI=1S/C12H23ClO/c1-11(2,3)14-9-8-12(10-13)6-4-5-7-12/h4-10H2,1-3H3. The zero-order valence-corrected chi connectivity index (χ0v) is 10.5. The lowest BCUT2D eigenvalue weighted by Gasteiger charge is -2.28. The van der Waals surface area contributed by atoms with E-state index in [9.17, 15) is 0 Å². The number of alkyl halides is 1. The van der Waals surface area contributed by atoms with E-state index in [0.717, 1.165) is 18.9 Å². The highest BCUT2D eigenvalue weighted by Gasteiger charge is 2.32. The van der Waals surface area contributed by atoms with E-state index in [0.29, 0.717) is 5.41 Å². The zero-order valence-electron chi connectivity index (χ0n) is 9.74. The fourth-order valence-electron chi connectivity index (χ4n) is 2.15. The van der Waals surface area contributed by atoms with E-state index in [4.69, 9.17) is 16.3 Å². The molecule has 1 saturated carbocycles. The molecule has 0 amide bonds. The first-order chi connectivity index (χ1) is 6.47. The van der Waals surface area contributed by atoms with Crippen LogP contribution in [0.15, 0.2) is 0 Å². The Morgan fingerprint density at radius 1 is 1.21 bits per heavy atom. The van der Waals surface area contributed by atoms with Crippen LogP contribution in [-0.2, 0) is 4.74 Å². The van der Waals surface area contributed by atoms with Gasteiger partial charge in [-0.3, -0.25) is 0 Å². The lowest BCUT2D eigenvalue weighted by molar-refractivity contribution is -0.0162. The van der Waals surface area contributed by atoms with Crippen LogP contribution in [0.1, 0.15) is 52.9 Å². The van der Waals surface area contributed by atoms with Crippen LogP contribution < -0.4 is 0 Å². The summed E-state index contributed by atoms with van der Waals surface area (Å²) in [5, 5.41) is 0. The Hall–Kier alpha value is 0.250. The molecule has 0 N–H and O–H groups in total. The molecule has 0 bridgehead atoms. The predicted molar refractivity (Wildman–Crippen MR) is 61.9 cm³/mol. The summed E-state index contributed by atoms with van der Waals surface area (Å²) < 4.78 is 5.76. The fourth-order valence-corrected chi connectivity index (χ4v) is 2.55. The van der Waals surface area contributed by atoms with Gasteiger partial charge in [0.25, 0.3) is 0 Å². The van der Waals surface area contributed by atoms with Crippen molar-refractivity contribution >= 4 is 11.6 Å². The molecular formula is C12H23ClO. The first-order valence-corrected chi connectivity index (χ1v) is 6.21. The van der Waals surface area contributed by atoms with Crippen LogP contribution in [0.5, 0.6) is 0 Å². The minimum absolute atomic E-state index is 0.00783. The van der Waals surface area contributed by atoms with Gasteiger partial charge in [-0.1, -0.05) is 12.8 Å². The van der Waals surface area contributed by atoms with Crippen LogP contribution in [0.25, 0.3) is 0 Å². The molecule has 0 atom stereocenters. The van der Waals surface area contributed by atoms with E-state index in [1.54, 1.807) is 0 Å². The molecular weight excluding hydrogens is 196 g/mol. The Kier molecular flexibility index (Phi) is 4.27. The maximum absolute atomic E-state index is 6.06. The molecule has 1 aliphatic rings. The van der Waals surface area contributed by atoms with Crippen LogP contribution in [0, 0.1) is 5.41 Å². The van der Waals surface area contributed by atoms with Gasteiger partial charge in [-0.25, -0.2) is 0 Å². The van der Waals surface area contributed by atoms with Gasteiger partial charge in [0.15, 0.2) is 0 Å². The van der Waals surface area contributed by atoms with Crippen molar-refractivity contribution in [2.45, 2.75) is 58.5 Å². The van der Waals surface area contributed by atoms with Gasteiger partial charge in [0.1, 0.15) is 0 Å². The first-order valence-electron chi connectivity index (χ1n) is 5.67. The van der Waals surface area contributed by atoms with Crippen molar-refractivity contribution in [1.82, 2.24) is 0 Å². The molecule has 0 aromatic rings. The maximum Gasteiger partial charge on any atom is 0.0598 e. The summed E-state index contributed by atoms with van der Waals surface area (Å²) in [4.78, 5) is 0. The zero-order chi connectivity index (χ0) is 10.7. The van der Waals surface area contributed by atoms with Gasteiger partial charge in [-0.05, 0) is 45.4 Å². The third kappa shape index (κ3) is 3.78. The van der Waals surface area contributed by atoms with Crippen LogP contribution in [-0.4, -0.2) is 18.1 Å². The van der Waals surface area contributed by atoms with E-state index < -0.39 is 0 Å². The van der Waals surface area contributed by atoms with Crippen molar-refractivity contribution in [2.75, 3.05) is 12.5 Å². The predicted octanol–water partition coefficient (Wildman–Crippen LogP) is 3.99. The lowest BCUT2D eigenvalue weighted by Crippen LogP contribution is -2.25. The summed E-state index contributed by atoms with van der Waals surface area (Å²) in [6, 6.07) is 0. The summed E-state index contributed by atoms with van der Waals surface area (Å²) in [5.74, 6) is 0.806. The van der Waals surface area contributed by atoms with E-state index in [1.807, 2.05) is 0 Å². The number of rotatable bonds is 4. The summed E-state index contributed by atoms with van der Waals surface area (Å²) in [5.41, 5.74) is 0.388. The van der Waals surface area contributed by atoms with Crippen molar-refractivity contribution in [3.05, 3.63) is 0 Å². The number of halogens is 1. The Balaban J connectivity index is 2.28. The molecule has 0 aromatic carbocycles. The molecule has 0 aromatic heterocycles. The van der Waals surface area contributed by atoms with Crippen LogP contribution >= 0.6 is 11.6 Å². The SMILES string of the molecule is CC(C)(C)OCCC1(CCl)CCCC1. The van der Waals surface area contributed by atoms with Crippen molar-refractivity contribution in [3.63, 3.8) is 0 Å². The highest BCUT2D eigenvalue weighted by atomic mass is 35.5. The molecule has 0 aliphatic heterocycles. The Bertz CT molecular complexity index is 166. The van der Waals surface area contributed by atoms with Crippen molar-refractivity contribution < 1.29 is 4.74 Å². The molecule has 0 heterocycles. The van der Waals surface area contributed by atoms with E-state index in [1.165, 1.54) is 25.7 Å². The van der Waals surface area contributed by atoms with Gasteiger partial charge in [-0.2, -0.15) is 0 Å². The minimum atomic E-state index is -0.00783. The van der Waals surface area contributed by atoms with Crippen LogP contribution in [0.4, 0.5) is 0 Å². The number of hydrogen-bond acceptors (Lipinski definition) is 1. The molecule has 0 radical (unpaired) electrons. The molecule has 2 heteroatoms. The monoisotopic (exact) mass is 218 g/mol. The second-order valence-electron chi connectivity index (χ2n) is 5.55. The van der Waals surface area contributed by atoms with Gasteiger partial charge in [0.2, 0.25) is 0 Å². The quantitative estimate of drug-likeness (QED) is 0.649. The summed E-state index contributed by atoms with van der Waals surface area (Å²) in [6.07, 6.45) is 6.42. The first kappa shape index (κ1) is 12.3. The lowest BCUT2D eigenvalue weighted by atomic mass is 9.85. The van der Waals surface area contributed by atoms with E-state index in [-0.39, 0.29) is 5.60 Å². The molecule has 1 nitrogen and oxygen atoms in total. The average molecular weight is 219 g/mol. The van der Waals surface area contributed by atoms with Gasteiger partial charge in [0, 0.05) is 12.5 Å². The Labute approximate surface area is 93.2 Å². The highest BCUT2D eigenvalue weighted by molar-refractivity contribution is 6.18. The fraction of sp³-hybridized carbons (Fsp3) is 1.00. The van der Waals surface area contributed by atoms with Gasteiger partial charge >= 0.3 is 0 Å².